The molecule has 1 aromatic rings. The van der Waals surface area contributed by atoms with Gasteiger partial charge in [0.05, 0.1) is 10.0 Å². The molecule has 0 fully saturated rings. The summed E-state index contributed by atoms with van der Waals surface area (Å²) in [7, 11) is 1.19. The van der Waals surface area contributed by atoms with E-state index in [0.29, 0.717) is 0 Å². The second-order valence-corrected chi connectivity index (χ2v) is 7.51. The maximum absolute atomic E-state index is 12.1. The van der Waals surface area contributed by atoms with E-state index in [4.69, 9.17) is 33.9 Å². The number of hydrogen-bond donors (Lipinski definition) is 1. The van der Waals surface area contributed by atoms with Gasteiger partial charge in [0.25, 0.3) is 15.0 Å². The molecular formula is C12H14Cl3NO3S. The van der Waals surface area contributed by atoms with E-state index in [1.807, 2.05) is 13.8 Å². The Morgan fingerprint density at radius 1 is 1.25 bits per heavy atom. The number of rotatable bonds is 5. The molecule has 0 spiro atoms. The van der Waals surface area contributed by atoms with Crippen LogP contribution in [0.3, 0.4) is 0 Å². The first-order valence-corrected chi connectivity index (χ1v) is 9.01. The molecule has 0 aromatic heterocycles. The molecule has 1 N–H and O–H groups in total. The summed E-state index contributed by atoms with van der Waals surface area (Å²) < 4.78 is 22.8. The normalized spacial score (nSPS) is 11.7. The second kappa shape index (κ2) is 6.98. The van der Waals surface area contributed by atoms with Crippen LogP contribution >= 0.6 is 33.9 Å². The largest absolute Gasteiger partial charge is 0.349 e. The Labute approximate surface area is 132 Å². The van der Waals surface area contributed by atoms with E-state index < -0.39 is 15.0 Å². The molecule has 0 aliphatic carbocycles. The van der Waals surface area contributed by atoms with Gasteiger partial charge in [-0.25, -0.2) is 8.42 Å². The molecule has 0 aliphatic heterocycles. The van der Waals surface area contributed by atoms with Crippen molar-refractivity contribution in [1.82, 2.24) is 5.32 Å². The van der Waals surface area contributed by atoms with Gasteiger partial charge in [-0.1, -0.05) is 37.0 Å². The summed E-state index contributed by atoms with van der Waals surface area (Å²) in [4.78, 5) is 11.7. The molecule has 0 radical (unpaired) electrons. The molecule has 1 aromatic carbocycles. The number of hydrogen-bond acceptors (Lipinski definition) is 3. The Morgan fingerprint density at radius 2 is 1.80 bits per heavy atom. The van der Waals surface area contributed by atoms with E-state index in [-0.39, 0.29) is 26.5 Å². The van der Waals surface area contributed by atoms with E-state index in [0.717, 1.165) is 18.9 Å². The molecule has 0 unspecified atom stereocenters. The monoisotopic (exact) mass is 357 g/mol. The predicted molar refractivity (Wildman–Crippen MR) is 81.3 cm³/mol. The molecule has 20 heavy (non-hydrogen) atoms. The first-order valence-electron chi connectivity index (χ1n) is 5.95. The SMILES string of the molecule is CCC(CC)NC(=O)c1cc(Cl)c(Cl)c(S(=O)(=O)Cl)c1. The lowest BCUT2D eigenvalue weighted by Crippen LogP contribution is -2.33. The van der Waals surface area contributed by atoms with Crippen molar-refractivity contribution in [3.63, 3.8) is 0 Å². The van der Waals surface area contributed by atoms with Crippen molar-refractivity contribution in [3.8, 4) is 0 Å². The third-order valence-electron chi connectivity index (χ3n) is 2.84. The molecule has 0 aliphatic rings. The van der Waals surface area contributed by atoms with Gasteiger partial charge in [0.1, 0.15) is 4.90 Å². The Hall–Kier alpha value is -0.490. The minimum atomic E-state index is -4.08. The van der Waals surface area contributed by atoms with Gasteiger partial charge in [-0.15, -0.1) is 0 Å². The summed E-state index contributed by atoms with van der Waals surface area (Å²) in [6, 6.07) is 2.44. The summed E-state index contributed by atoms with van der Waals surface area (Å²) in [6.07, 6.45) is 1.54. The van der Waals surface area contributed by atoms with Crippen molar-refractivity contribution in [2.75, 3.05) is 0 Å². The van der Waals surface area contributed by atoms with Crippen molar-refractivity contribution in [1.29, 1.82) is 0 Å². The highest BCUT2D eigenvalue weighted by molar-refractivity contribution is 8.13. The number of benzene rings is 1. The van der Waals surface area contributed by atoms with Gasteiger partial charge in [-0.05, 0) is 25.0 Å². The highest BCUT2D eigenvalue weighted by Gasteiger charge is 2.21. The van der Waals surface area contributed by atoms with Crippen LogP contribution < -0.4 is 5.32 Å². The molecule has 0 saturated carbocycles. The molecule has 4 nitrogen and oxygen atoms in total. The molecule has 0 bridgehead atoms. The fourth-order valence-corrected chi connectivity index (χ4v) is 3.40. The third-order valence-corrected chi connectivity index (χ3v) is 5.10. The summed E-state index contributed by atoms with van der Waals surface area (Å²) in [6.45, 7) is 3.88. The number of carbonyl (C=O) groups is 1. The summed E-state index contributed by atoms with van der Waals surface area (Å²) in [5, 5.41) is 2.55. The van der Waals surface area contributed by atoms with Crippen LogP contribution in [0.2, 0.25) is 10.0 Å². The summed E-state index contributed by atoms with van der Waals surface area (Å²) in [5.74, 6) is -0.418. The number of amides is 1. The van der Waals surface area contributed by atoms with Gasteiger partial charge >= 0.3 is 0 Å². The van der Waals surface area contributed by atoms with E-state index in [9.17, 15) is 13.2 Å². The lowest BCUT2D eigenvalue weighted by Gasteiger charge is -2.15. The standard InChI is InChI=1S/C12H14Cl3NO3S/c1-3-8(4-2)16-12(17)7-5-9(13)11(14)10(6-7)20(15,18)19/h5-6,8H,3-4H2,1-2H3,(H,16,17). The number of nitrogens with one attached hydrogen (secondary N) is 1. The van der Waals surface area contributed by atoms with Crippen molar-refractivity contribution < 1.29 is 13.2 Å². The fourth-order valence-electron chi connectivity index (χ4n) is 1.63. The quantitative estimate of drug-likeness (QED) is 0.813. The van der Waals surface area contributed by atoms with Crippen LogP contribution in [0.5, 0.6) is 0 Å². The maximum Gasteiger partial charge on any atom is 0.262 e. The predicted octanol–water partition coefficient (Wildman–Crippen LogP) is 3.84. The van der Waals surface area contributed by atoms with Gasteiger partial charge < -0.3 is 5.32 Å². The zero-order chi connectivity index (χ0) is 15.5. The lowest BCUT2D eigenvalue weighted by molar-refractivity contribution is 0.0934. The zero-order valence-electron chi connectivity index (χ0n) is 10.9. The van der Waals surface area contributed by atoms with Crippen LogP contribution in [0.25, 0.3) is 0 Å². The van der Waals surface area contributed by atoms with Crippen molar-refractivity contribution in [2.24, 2.45) is 0 Å². The van der Waals surface area contributed by atoms with E-state index in [1.165, 1.54) is 6.07 Å². The molecular weight excluding hydrogens is 345 g/mol. The molecule has 1 rings (SSSR count). The van der Waals surface area contributed by atoms with Gasteiger partial charge in [0.15, 0.2) is 0 Å². The van der Waals surface area contributed by atoms with E-state index >= 15 is 0 Å². The second-order valence-electron chi connectivity index (χ2n) is 4.19. The first kappa shape index (κ1) is 17.6. The molecule has 1 amide bonds. The van der Waals surface area contributed by atoms with Crippen LogP contribution in [0.4, 0.5) is 0 Å². The van der Waals surface area contributed by atoms with Crippen molar-refractivity contribution >= 4 is 48.8 Å². The fraction of sp³-hybridized carbons (Fsp3) is 0.417. The Balaban J connectivity index is 3.21. The summed E-state index contributed by atoms with van der Waals surface area (Å²) >= 11 is 11.6. The maximum atomic E-state index is 12.1. The number of halogens is 3. The van der Waals surface area contributed by atoms with E-state index in [2.05, 4.69) is 5.32 Å². The van der Waals surface area contributed by atoms with Crippen LogP contribution in [0.1, 0.15) is 37.0 Å². The Kier molecular flexibility index (Phi) is 6.13. The minimum Gasteiger partial charge on any atom is -0.349 e. The van der Waals surface area contributed by atoms with Gasteiger partial charge in [0, 0.05) is 22.3 Å². The van der Waals surface area contributed by atoms with Crippen molar-refractivity contribution in [2.45, 2.75) is 37.6 Å². The molecule has 8 heteroatoms. The van der Waals surface area contributed by atoms with Crippen LogP contribution in [0.15, 0.2) is 17.0 Å². The highest BCUT2D eigenvalue weighted by atomic mass is 35.7. The minimum absolute atomic E-state index is 0.00742. The molecule has 0 heterocycles. The number of carbonyl (C=O) groups excluding carboxylic acids is 1. The van der Waals surface area contributed by atoms with Gasteiger partial charge in [-0.2, -0.15) is 0 Å². The zero-order valence-corrected chi connectivity index (χ0v) is 14.0. The average molecular weight is 359 g/mol. The van der Waals surface area contributed by atoms with Gasteiger partial charge in [-0.3, -0.25) is 4.79 Å². The van der Waals surface area contributed by atoms with Crippen LogP contribution in [-0.2, 0) is 9.05 Å². The Bertz CT molecular complexity index is 613. The smallest absolute Gasteiger partial charge is 0.262 e. The highest BCUT2D eigenvalue weighted by Crippen LogP contribution is 2.32. The van der Waals surface area contributed by atoms with Crippen LogP contribution in [0, 0.1) is 0 Å². The molecule has 0 atom stereocenters. The van der Waals surface area contributed by atoms with E-state index in [1.54, 1.807) is 0 Å². The Morgan fingerprint density at radius 3 is 2.25 bits per heavy atom. The first-order chi connectivity index (χ1) is 9.20. The van der Waals surface area contributed by atoms with Crippen molar-refractivity contribution in [3.05, 3.63) is 27.7 Å². The molecule has 112 valence electrons. The lowest BCUT2D eigenvalue weighted by atomic mass is 10.1. The average Bonchev–Trinajstić information content (AvgIpc) is 2.37. The molecule has 0 saturated heterocycles. The summed E-state index contributed by atoms with van der Waals surface area (Å²) in [5.41, 5.74) is 0.102. The third kappa shape index (κ3) is 4.25. The van der Waals surface area contributed by atoms with Gasteiger partial charge in [0.2, 0.25) is 0 Å². The van der Waals surface area contributed by atoms with Crippen LogP contribution in [-0.4, -0.2) is 20.4 Å². The topological polar surface area (TPSA) is 63.2 Å².